The van der Waals surface area contributed by atoms with E-state index < -0.39 is 23.2 Å². The Morgan fingerprint density at radius 3 is 2.57 bits per heavy atom. The standard InChI is InChI=1S/C14H15ClF3NO2/c1-8-6-19(7-13(8,2)21)12(20)10-5-9(14(16,17)18)3-4-11(10)15/h3-5,8,21H,6-7H2,1-2H3/t8-,13+/m1/s1. The van der Waals surface area contributed by atoms with Crippen LogP contribution in [0.25, 0.3) is 0 Å². The number of alkyl halides is 3. The van der Waals surface area contributed by atoms with Crippen molar-refractivity contribution in [3.63, 3.8) is 0 Å². The summed E-state index contributed by atoms with van der Waals surface area (Å²) in [5.74, 6) is -0.762. The summed E-state index contributed by atoms with van der Waals surface area (Å²) >= 11 is 5.85. The van der Waals surface area contributed by atoms with Gasteiger partial charge in [0.1, 0.15) is 0 Å². The molecule has 0 radical (unpaired) electrons. The molecule has 1 aliphatic heterocycles. The van der Waals surface area contributed by atoms with Crippen molar-refractivity contribution in [3.8, 4) is 0 Å². The average molecular weight is 322 g/mol. The number of benzene rings is 1. The molecule has 0 aromatic heterocycles. The first kappa shape index (κ1) is 16.1. The van der Waals surface area contributed by atoms with E-state index in [1.165, 1.54) is 4.90 Å². The van der Waals surface area contributed by atoms with Gasteiger partial charge in [0.2, 0.25) is 0 Å². The number of rotatable bonds is 1. The van der Waals surface area contributed by atoms with Crippen LogP contribution in [-0.4, -0.2) is 34.6 Å². The third kappa shape index (κ3) is 3.16. The number of halogens is 4. The maximum absolute atomic E-state index is 12.7. The molecule has 1 saturated heterocycles. The Kier molecular flexibility index (Phi) is 3.97. The number of nitrogens with zero attached hydrogens (tertiary/aromatic N) is 1. The highest BCUT2D eigenvalue weighted by molar-refractivity contribution is 6.33. The van der Waals surface area contributed by atoms with Gasteiger partial charge in [0.25, 0.3) is 5.91 Å². The fraction of sp³-hybridized carbons (Fsp3) is 0.500. The normalized spacial score (nSPS) is 26.2. The van der Waals surface area contributed by atoms with Crippen molar-refractivity contribution in [1.82, 2.24) is 4.90 Å². The van der Waals surface area contributed by atoms with Crippen molar-refractivity contribution in [2.75, 3.05) is 13.1 Å². The van der Waals surface area contributed by atoms with E-state index in [4.69, 9.17) is 11.6 Å². The van der Waals surface area contributed by atoms with Gasteiger partial charge in [-0.3, -0.25) is 4.79 Å². The topological polar surface area (TPSA) is 40.5 Å². The molecular weight excluding hydrogens is 307 g/mol. The SMILES string of the molecule is C[C@@H]1CN(C(=O)c2cc(C(F)(F)F)ccc2Cl)C[C@]1(C)O. The molecule has 3 nitrogen and oxygen atoms in total. The van der Waals surface area contributed by atoms with Crippen LogP contribution >= 0.6 is 11.6 Å². The van der Waals surface area contributed by atoms with Crippen LogP contribution in [0.4, 0.5) is 13.2 Å². The van der Waals surface area contributed by atoms with Crippen molar-refractivity contribution in [2.24, 2.45) is 5.92 Å². The van der Waals surface area contributed by atoms with Crippen LogP contribution in [0.2, 0.25) is 5.02 Å². The Bertz CT molecular complexity index is 572. The summed E-state index contributed by atoms with van der Waals surface area (Å²) in [5, 5.41) is 10.0. The smallest absolute Gasteiger partial charge is 0.388 e. The highest BCUT2D eigenvalue weighted by Crippen LogP contribution is 2.34. The molecule has 116 valence electrons. The Hall–Kier alpha value is -1.27. The molecule has 1 amide bonds. The van der Waals surface area contributed by atoms with Crippen LogP contribution in [-0.2, 0) is 6.18 Å². The maximum atomic E-state index is 12.7. The second-order valence-electron chi connectivity index (χ2n) is 5.64. The van der Waals surface area contributed by atoms with Crippen LogP contribution in [0, 0.1) is 5.92 Å². The third-order valence-corrected chi connectivity index (χ3v) is 4.21. The Morgan fingerprint density at radius 2 is 2.10 bits per heavy atom. The van der Waals surface area contributed by atoms with E-state index in [0.717, 1.165) is 18.2 Å². The minimum atomic E-state index is -4.54. The van der Waals surface area contributed by atoms with Crippen molar-refractivity contribution in [3.05, 3.63) is 34.3 Å². The Balaban J connectivity index is 2.32. The summed E-state index contributed by atoms with van der Waals surface area (Å²) < 4.78 is 38.2. The van der Waals surface area contributed by atoms with Crippen LogP contribution in [0.1, 0.15) is 29.8 Å². The lowest BCUT2D eigenvalue weighted by atomic mass is 9.95. The largest absolute Gasteiger partial charge is 0.416 e. The third-order valence-electron chi connectivity index (χ3n) is 3.88. The predicted octanol–water partition coefficient (Wildman–Crippen LogP) is 3.20. The molecule has 2 rings (SSSR count). The molecular formula is C14H15ClF3NO2. The quantitative estimate of drug-likeness (QED) is 0.863. The molecule has 7 heteroatoms. The number of aliphatic hydroxyl groups is 1. The molecule has 0 bridgehead atoms. The van der Waals surface area contributed by atoms with E-state index in [-0.39, 0.29) is 29.6 Å². The summed E-state index contributed by atoms with van der Waals surface area (Å²) in [6.45, 7) is 3.72. The van der Waals surface area contributed by atoms with Gasteiger partial charge in [-0.05, 0) is 25.1 Å². The molecule has 1 heterocycles. The van der Waals surface area contributed by atoms with Gasteiger partial charge in [-0.15, -0.1) is 0 Å². The van der Waals surface area contributed by atoms with Gasteiger partial charge in [0.05, 0.1) is 21.8 Å². The number of carbonyl (C=O) groups is 1. The lowest BCUT2D eigenvalue weighted by Crippen LogP contribution is -2.35. The summed E-state index contributed by atoms with van der Waals surface area (Å²) in [7, 11) is 0. The Morgan fingerprint density at radius 1 is 1.48 bits per heavy atom. The molecule has 1 aliphatic rings. The van der Waals surface area contributed by atoms with Crippen molar-refractivity contribution >= 4 is 17.5 Å². The summed E-state index contributed by atoms with van der Waals surface area (Å²) in [4.78, 5) is 13.7. The van der Waals surface area contributed by atoms with E-state index in [1.807, 2.05) is 0 Å². The first-order valence-corrected chi connectivity index (χ1v) is 6.78. The maximum Gasteiger partial charge on any atom is 0.416 e. The van der Waals surface area contributed by atoms with Gasteiger partial charge in [-0.2, -0.15) is 13.2 Å². The van der Waals surface area contributed by atoms with Gasteiger partial charge in [-0.1, -0.05) is 18.5 Å². The number of hydrogen-bond acceptors (Lipinski definition) is 2. The lowest BCUT2D eigenvalue weighted by molar-refractivity contribution is -0.137. The number of likely N-dealkylation sites (tertiary alicyclic amines) is 1. The molecule has 0 spiro atoms. The van der Waals surface area contributed by atoms with Crippen LogP contribution in [0.5, 0.6) is 0 Å². The Labute approximate surface area is 125 Å². The van der Waals surface area contributed by atoms with Crippen molar-refractivity contribution in [1.29, 1.82) is 0 Å². The zero-order valence-electron chi connectivity index (χ0n) is 11.5. The molecule has 1 fully saturated rings. The van der Waals surface area contributed by atoms with Gasteiger partial charge in [0.15, 0.2) is 0 Å². The molecule has 0 saturated carbocycles. The monoisotopic (exact) mass is 321 g/mol. The lowest BCUT2D eigenvalue weighted by Gasteiger charge is -2.21. The number of amides is 1. The fourth-order valence-electron chi connectivity index (χ4n) is 2.32. The minimum absolute atomic E-state index is 0.0350. The van der Waals surface area contributed by atoms with E-state index >= 15 is 0 Å². The van der Waals surface area contributed by atoms with E-state index in [2.05, 4.69) is 0 Å². The van der Waals surface area contributed by atoms with E-state index in [0.29, 0.717) is 0 Å². The van der Waals surface area contributed by atoms with E-state index in [1.54, 1.807) is 13.8 Å². The number of carbonyl (C=O) groups excluding carboxylic acids is 1. The number of hydrogen-bond donors (Lipinski definition) is 1. The molecule has 0 unspecified atom stereocenters. The predicted molar refractivity (Wildman–Crippen MR) is 72.1 cm³/mol. The second-order valence-corrected chi connectivity index (χ2v) is 6.04. The van der Waals surface area contributed by atoms with Gasteiger partial charge >= 0.3 is 6.18 Å². The zero-order chi connectivity index (χ0) is 16.0. The molecule has 2 atom stereocenters. The first-order valence-electron chi connectivity index (χ1n) is 6.41. The number of β-amino-alcohol motifs (C(OH)–C–C–N with tert-alkyl or cyclic N) is 1. The molecule has 21 heavy (non-hydrogen) atoms. The molecule has 1 aromatic rings. The van der Waals surface area contributed by atoms with Gasteiger partial charge in [-0.25, -0.2) is 0 Å². The highest BCUT2D eigenvalue weighted by atomic mass is 35.5. The van der Waals surface area contributed by atoms with E-state index in [9.17, 15) is 23.1 Å². The second kappa shape index (κ2) is 5.18. The van der Waals surface area contributed by atoms with Crippen LogP contribution in [0.3, 0.4) is 0 Å². The van der Waals surface area contributed by atoms with Crippen molar-refractivity contribution < 1.29 is 23.1 Å². The average Bonchev–Trinajstić information content (AvgIpc) is 2.62. The van der Waals surface area contributed by atoms with Crippen molar-refractivity contribution in [2.45, 2.75) is 25.6 Å². The first-order chi connectivity index (χ1) is 9.52. The molecule has 0 aliphatic carbocycles. The molecule has 1 aromatic carbocycles. The summed E-state index contributed by atoms with van der Waals surface area (Å²) in [6.07, 6.45) is -4.54. The van der Waals surface area contributed by atoms with Gasteiger partial charge < -0.3 is 10.0 Å². The summed E-state index contributed by atoms with van der Waals surface area (Å²) in [5.41, 5.74) is -2.17. The highest BCUT2D eigenvalue weighted by Gasteiger charge is 2.41. The molecule has 1 N–H and O–H groups in total. The summed E-state index contributed by atoms with van der Waals surface area (Å²) in [6, 6.07) is 2.65. The fourth-order valence-corrected chi connectivity index (χ4v) is 2.52. The van der Waals surface area contributed by atoms with Gasteiger partial charge in [0, 0.05) is 19.0 Å². The zero-order valence-corrected chi connectivity index (χ0v) is 12.3. The van der Waals surface area contributed by atoms with Crippen LogP contribution < -0.4 is 0 Å². The van der Waals surface area contributed by atoms with Crippen LogP contribution in [0.15, 0.2) is 18.2 Å². The minimum Gasteiger partial charge on any atom is -0.388 e.